The van der Waals surface area contributed by atoms with Crippen molar-refractivity contribution in [3.8, 4) is 5.75 Å². The predicted octanol–water partition coefficient (Wildman–Crippen LogP) is 3.16. The molecular formula is C17H16ClN3O3. The molecule has 0 aliphatic rings. The highest BCUT2D eigenvalue weighted by Crippen LogP contribution is 2.26. The van der Waals surface area contributed by atoms with Gasteiger partial charge in [-0.15, -0.1) is 0 Å². The van der Waals surface area contributed by atoms with Crippen molar-refractivity contribution < 1.29 is 14.6 Å². The van der Waals surface area contributed by atoms with Gasteiger partial charge in [-0.25, -0.2) is 4.98 Å². The Morgan fingerprint density at radius 1 is 1.29 bits per heavy atom. The highest BCUT2D eigenvalue weighted by Gasteiger charge is 2.15. The number of carboxylic acids is 1. The van der Waals surface area contributed by atoms with Crippen LogP contribution in [0.3, 0.4) is 0 Å². The number of carboxylic acid groups (broad SMARTS) is 1. The van der Waals surface area contributed by atoms with Gasteiger partial charge in [-0.3, -0.25) is 9.48 Å². The molecule has 0 unspecified atom stereocenters. The number of halogens is 1. The second-order valence-electron chi connectivity index (χ2n) is 5.34. The third-order valence-electron chi connectivity index (χ3n) is 3.76. The van der Waals surface area contributed by atoms with Crippen molar-refractivity contribution in [1.29, 1.82) is 0 Å². The van der Waals surface area contributed by atoms with E-state index in [1.54, 1.807) is 13.3 Å². The van der Waals surface area contributed by atoms with Crippen molar-refractivity contribution in [2.75, 3.05) is 7.11 Å². The number of pyridine rings is 1. The summed E-state index contributed by atoms with van der Waals surface area (Å²) >= 11 is 6.20. The zero-order chi connectivity index (χ0) is 17.1. The van der Waals surface area contributed by atoms with E-state index in [2.05, 4.69) is 10.1 Å². The predicted molar refractivity (Wildman–Crippen MR) is 90.6 cm³/mol. The van der Waals surface area contributed by atoms with Crippen LogP contribution in [0.4, 0.5) is 0 Å². The summed E-state index contributed by atoms with van der Waals surface area (Å²) in [6, 6.07) is 9.54. The third-order valence-corrected chi connectivity index (χ3v) is 4.04. The van der Waals surface area contributed by atoms with Crippen LogP contribution < -0.4 is 4.74 Å². The van der Waals surface area contributed by atoms with Gasteiger partial charge >= 0.3 is 5.97 Å². The molecule has 0 radical (unpaired) electrons. The van der Waals surface area contributed by atoms with E-state index in [-0.39, 0.29) is 6.42 Å². The fourth-order valence-electron chi connectivity index (χ4n) is 2.58. The van der Waals surface area contributed by atoms with Crippen LogP contribution in [-0.4, -0.2) is 33.0 Å². The summed E-state index contributed by atoms with van der Waals surface area (Å²) in [7, 11) is 1.62. The maximum absolute atomic E-state index is 10.9. The van der Waals surface area contributed by atoms with E-state index in [9.17, 15) is 4.79 Å². The van der Waals surface area contributed by atoms with Crippen LogP contribution in [0, 0.1) is 0 Å². The molecular weight excluding hydrogens is 330 g/mol. The van der Waals surface area contributed by atoms with Crippen LogP contribution in [0.2, 0.25) is 5.15 Å². The van der Waals surface area contributed by atoms with Crippen molar-refractivity contribution in [1.82, 2.24) is 14.8 Å². The summed E-state index contributed by atoms with van der Waals surface area (Å²) in [4.78, 5) is 14.9. The quantitative estimate of drug-likeness (QED) is 0.694. The molecule has 124 valence electrons. The van der Waals surface area contributed by atoms with Crippen LogP contribution in [0.5, 0.6) is 5.75 Å². The van der Waals surface area contributed by atoms with E-state index in [4.69, 9.17) is 21.4 Å². The molecule has 2 aromatic heterocycles. The van der Waals surface area contributed by atoms with Crippen LogP contribution in [0.1, 0.15) is 17.7 Å². The minimum Gasteiger partial charge on any atom is -0.497 e. The number of aryl methyl sites for hydroxylation is 1. The summed E-state index contributed by atoms with van der Waals surface area (Å²) in [5, 5.41) is 14.5. The van der Waals surface area contributed by atoms with Gasteiger partial charge in [0.25, 0.3) is 0 Å². The number of rotatable bonds is 6. The third kappa shape index (κ3) is 3.33. The molecule has 0 aliphatic carbocycles. The molecule has 0 spiro atoms. The lowest BCUT2D eigenvalue weighted by Gasteiger charge is -2.05. The lowest BCUT2D eigenvalue weighted by atomic mass is 10.1. The van der Waals surface area contributed by atoms with Gasteiger partial charge in [-0.05, 0) is 23.8 Å². The number of ether oxygens (including phenoxy) is 1. The zero-order valence-electron chi connectivity index (χ0n) is 13.1. The Hall–Kier alpha value is -2.60. The van der Waals surface area contributed by atoms with Gasteiger partial charge in [0.05, 0.1) is 36.7 Å². The topological polar surface area (TPSA) is 77.2 Å². The minimum atomic E-state index is -0.868. The number of aromatic nitrogens is 3. The first-order chi connectivity index (χ1) is 11.6. The molecule has 1 N–H and O–H groups in total. The molecule has 7 heteroatoms. The molecule has 3 rings (SSSR count). The fraction of sp³-hybridized carbons (Fsp3) is 0.235. The molecule has 0 aliphatic heterocycles. The molecule has 0 saturated carbocycles. The Bertz CT molecular complexity index is 875. The summed E-state index contributed by atoms with van der Waals surface area (Å²) < 4.78 is 6.98. The Labute approximate surface area is 143 Å². The van der Waals surface area contributed by atoms with Crippen molar-refractivity contribution in [3.05, 3.63) is 52.9 Å². The molecule has 1 aromatic carbocycles. The second kappa shape index (κ2) is 6.88. The van der Waals surface area contributed by atoms with Crippen molar-refractivity contribution in [2.24, 2.45) is 0 Å². The Morgan fingerprint density at radius 2 is 2.04 bits per heavy atom. The molecule has 0 saturated heterocycles. The lowest BCUT2D eigenvalue weighted by Crippen LogP contribution is -2.03. The number of nitrogens with zero attached hydrogens (tertiary/aromatic N) is 3. The van der Waals surface area contributed by atoms with Gasteiger partial charge in [-0.1, -0.05) is 23.7 Å². The molecule has 0 amide bonds. The molecule has 3 aromatic rings. The van der Waals surface area contributed by atoms with Gasteiger partial charge in [0, 0.05) is 12.6 Å². The van der Waals surface area contributed by atoms with Gasteiger partial charge in [0.2, 0.25) is 0 Å². The zero-order valence-corrected chi connectivity index (χ0v) is 13.8. The number of carbonyl (C=O) groups is 1. The van der Waals surface area contributed by atoms with Crippen LogP contribution in [-0.2, 0) is 17.8 Å². The summed E-state index contributed by atoms with van der Waals surface area (Å²) in [6.45, 7) is 0.550. The van der Waals surface area contributed by atoms with Gasteiger partial charge in [0.1, 0.15) is 10.9 Å². The second-order valence-corrected chi connectivity index (χ2v) is 5.70. The summed E-state index contributed by atoms with van der Waals surface area (Å²) in [5.74, 6) is -0.0775. The maximum Gasteiger partial charge on any atom is 0.303 e. The number of hydrogen-bond acceptors (Lipinski definition) is 4. The normalized spacial score (nSPS) is 10.9. The monoisotopic (exact) mass is 345 g/mol. The number of methoxy groups -OCH3 is 1. The van der Waals surface area contributed by atoms with E-state index >= 15 is 0 Å². The first-order valence-corrected chi connectivity index (χ1v) is 7.81. The first kappa shape index (κ1) is 16.3. The SMILES string of the molecule is COc1ccc(Cn2nc(CCC(=O)O)c3c(Cl)nccc32)cc1. The highest BCUT2D eigenvalue weighted by atomic mass is 35.5. The first-order valence-electron chi connectivity index (χ1n) is 7.43. The number of aliphatic carboxylic acids is 1. The molecule has 0 bridgehead atoms. The molecule has 24 heavy (non-hydrogen) atoms. The van der Waals surface area contributed by atoms with Crippen molar-refractivity contribution in [2.45, 2.75) is 19.4 Å². The number of fused-ring (bicyclic) bond motifs is 1. The van der Waals surface area contributed by atoms with Gasteiger partial charge in [-0.2, -0.15) is 5.10 Å². The molecule has 0 fully saturated rings. The lowest BCUT2D eigenvalue weighted by molar-refractivity contribution is -0.136. The summed E-state index contributed by atoms with van der Waals surface area (Å²) in [6.07, 6.45) is 1.94. The fourth-order valence-corrected chi connectivity index (χ4v) is 2.85. The van der Waals surface area contributed by atoms with E-state index < -0.39 is 5.97 Å². The van der Waals surface area contributed by atoms with Crippen LogP contribution in [0.25, 0.3) is 10.9 Å². The van der Waals surface area contributed by atoms with Gasteiger partial charge < -0.3 is 9.84 Å². The molecule has 2 heterocycles. The Morgan fingerprint density at radius 3 is 2.71 bits per heavy atom. The van der Waals surface area contributed by atoms with E-state index in [1.165, 1.54) is 0 Å². The largest absolute Gasteiger partial charge is 0.497 e. The average molecular weight is 346 g/mol. The molecule has 6 nitrogen and oxygen atoms in total. The van der Waals surface area contributed by atoms with Gasteiger partial charge in [0.15, 0.2) is 0 Å². The van der Waals surface area contributed by atoms with E-state index in [0.717, 1.165) is 16.8 Å². The van der Waals surface area contributed by atoms with Crippen molar-refractivity contribution >= 4 is 28.5 Å². The Kier molecular flexibility index (Phi) is 4.66. The van der Waals surface area contributed by atoms with Crippen LogP contribution in [0.15, 0.2) is 36.5 Å². The smallest absolute Gasteiger partial charge is 0.303 e. The minimum absolute atomic E-state index is 0.000127. The highest BCUT2D eigenvalue weighted by molar-refractivity contribution is 6.34. The summed E-state index contributed by atoms with van der Waals surface area (Å²) in [5.41, 5.74) is 2.54. The van der Waals surface area contributed by atoms with E-state index in [1.807, 2.05) is 35.0 Å². The Balaban J connectivity index is 1.97. The number of benzene rings is 1. The standard InChI is InChI=1S/C17H16ClN3O3/c1-24-12-4-2-11(3-5-12)10-21-14-8-9-19-17(18)16(14)13(20-21)6-7-15(22)23/h2-5,8-9H,6-7,10H2,1H3,(H,22,23). The van der Waals surface area contributed by atoms with Crippen LogP contribution >= 0.6 is 11.6 Å². The number of hydrogen-bond donors (Lipinski definition) is 1. The molecule has 0 atom stereocenters. The average Bonchev–Trinajstić information content (AvgIpc) is 2.93. The van der Waals surface area contributed by atoms with Crippen molar-refractivity contribution in [3.63, 3.8) is 0 Å². The van der Waals surface area contributed by atoms with E-state index in [0.29, 0.717) is 29.2 Å². The maximum atomic E-state index is 10.9.